The molecule has 0 saturated heterocycles. The van der Waals surface area contributed by atoms with Crippen molar-refractivity contribution in [3.05, 3.63) is 78.1 Å². The van der Waals surface area contributed by atoms with Gasteiger partial charge < -0.3 is 15.2 Å². The number of nitrogens with zero attached hydrogens (tertiary/aromatic N) is 2. The number of aliphatic imine (C=N–C) groups is 1. The van der Waals surface area contributed by atoms with Gasteiger partial charge in [0.15, 0.2) is 0 Å². The molecule has 0 atom stereocenters. The van der Waals surface area contributed by atoms with Crippen molar-refractivity contribution in [2.45, 2.75) is 61.1 Å². The molecule has 0 aliphatic rings. The van der Waals surface area contributed by atoms with Gasteiger partial charge in [-0.3, -0.25) is 9.79 Å². The zero-order valence-corrected chi connectivity index (χ0v) is 21.2. The van der Waals surface area contributed by atoms with Gasteiger partial charge in [0.25, 0.3) is 0 Å². The summed E-state index contributed by atoms with van der Waals surface area (Å²) in [7, 11) is 0. The molecule has 0 spiro atoms. The first kappa shape index (κ1) is 26.8. The molecule has 182 valence electrons. The van der Waals surface area contributed by atoms with E-state index in [-0.39, 0.29) is 17.1 Å². The van der Waals surface area contributed by atoms with Crippen LogP contribution in [0.15, 0.2) is 77.4 Å². The minimum absolute atomic E-state index is 0.0117. The van der Waals surface area contributed by atoms with Crippen LogP contribution in [0, 0.1) is 5.41 Å². The summed E-state index contributed by atoms with van der Waals surface area (Å²) < 4.78 is 16.5. The second kappa shape index (κ2) is 12.2. The van der Waals surface area contributed by atoms with Crippen molar-refractivity contribution in [1.82, 2.24) is 9.88 Å². The van der Waals surface area contributed by atoms with E-state index in [9.17, 15) is 9.18 Å². The number of fused-ring (bicyclic) bond motifs is 1. The number of allylic oxidation sites excluding steroid dienone is 6. The number of hydrogen-bond donors (Lipinski definition) is 2. The molecule has 5 nitrogen and oxygen atoms in total. The highest BCUT2D eigenvalue weighted by atomic mass is 19.1. The molecule has 2 N–H and O–H groups in total. The van der Waals surface area contributed by atoms with Crippen LogP contribution >= 0.6 is 0 Å². The molecule has 2 aromatic rings. The molecular formula is C28H37FN4O. The molecule has 0 bridgehead atoms. The average Bonchev–Trinajstić information content (AvgIpc) is 3.07. The van der Waals surface area contributed by atoms with Crippen LogP contribution in [0.5, 0.6) is 0 Å². The van der Waals surface area contributed by atoms with Gasteiger partial charge in [-0.15, -0.1) is 0 Å². The molecule has 1 aromatic heterocycles. The smallest absolute Gasteiger partial charge is 0.224 e. The van der Waals surface area contributed by atoms with E-state index in [4.69, 9.17) is 0 Å². The summed E-state index contributed by atoms with van der Waals surface area (Å²) in [6.45, 7) is 16.2. The zero-order chi connectivity index (χ0) is 25.3. The van der Waals surface area contributed by atoms with Crippen molar-refractivity contribution < 1.29 is 9.18 Å². The summed E-state index contributed by atoms with van der Waals surface area (Å²) >= 11 is 0. The van der Waals surface area contributed by atoms with Crippen molar-refractivity contribution in [1.29, 1.82) is 0 Å². The van der Waals surface area contributed by atoms with Crippen LogP contribution in [0.4, 0.5) is 10.1 Å². The fourth-order valence-corrected chi connectivity index (χ4v) is 3.53. The first-order chi connectivity index (χ1) is 16.0. The van der Waals surface area contributed by atoms with Gasteiger partial charge >= 0.3 is 0 Å². The number of carbonyl (C=O) groups is 1. The van der Waals surface area contributed by atoms with E-state index >= 15 is 0 Å². The van der Waals surface area contributed by atoms with E-state index in [1.165, 1.54) is 12.3 Å². The van der Waals surface area contributed by atoms with Gasteiger partial charge in [-0.25, -0.2) is 4.39 Å². The lowest BCUT2D eigenvalue weighted by Crippen LogP contribution is -2.19. The van der Waals surface area contributed by atoms with Gasteiger partial charge in [0.2, 0.25) is 5.91 Å². The minimum Gasteiger partial charge on any atom is -0.383 e. The highest BCUT2D eigenvalue weighted by Gasteiger charge is 2.17. The van der Waals surface area contributed by atoms with Crippen LogP contribution < -0.4 is 10.6 Å². The Bertz CT molecular complexity index is 1140. The van der Waals surface area contributed by atoms with Gasteiger partial charge in [0.1, 0.15) is 5.83 Å². The van der Waals surface area contributed by atoms with Crippen LogP contribution in [0.1, 0.15) is 53.7 Å². The monoisotopic (exact) mass is 464 g/mol. The van der Waals surface area contributed by atoms with E-state index in [0.717, 1.165) is 28.0 Å². The molecule has 0 aliphatic heterocycles. The second-order valence-corrected chi connectivity index (χ2v) is 9.59. The van der Waals surface area contributed by atoms with Crippen LogP contribution in [0.25, 0.3) is 10.9 Å². The largest absolute Gasteiger partial charge is 0.383 e. The Balaban J connectivity index is 2.40. The third-order valence-corrected chi connectivity index (χ3v) is 5.14. The third kappa shape index (κ3) is 8.18. The number of rotatable bonds is 10. The van der Waals surface area contributed by atoms with Crippen LogP contribution in [-0.4, -0.2) is 16.7 Å². The Morgan fingerprint density at radius 2 is 1.97 bits per heavy atom. The van der Waals surface area contributed by atoms with Crippen molar-refractivity contribution in [2.24, 2.45) is 10.4 Å². The molecule has 1 aromatic carbocycles. The van der Waals surface area contributed by atoms with Gasteiger partial charge in [-0.2, -0.15) is 0 Å². The quantitative estimate of drug-likeness (QED) is 0.292. The highest BCUT2D eigenvalue weighted by molar-refractivity contribution is 5.94. The summed E-state index contributed by atoms with van der Waals surface area (Å²) in [5.41, 5.74) is 4.25. The molecular weight excluding hydrogens is 427 g/mol. The fraction of sp³-hybridized carbons (Fsp3) is 0.357. The number of carbonyl (C=O) groups excluding carboxylic acids is 1. The molecule has 0 fully saturated rings. The van der Waals surface area contributed by atoms with Crippen LogP contribution in [0.3, 0.4) is 0 Å². The molecule has 0 unspecified atom stereocenters. The third-order valence-electron chi connectivity index (χ3n) is 5.14. The Morgan fingerprint density at radius 1 is 1.24 bits per heavy atom. The van der Waals surface area contributed by atoms with Crippen LogP contribution in [0.2, 0.25) is 0 Å². The summed E-state index contributed by atoms with van der Waals surface area (Å²) in [6, 6.07) is 7.92. The number of nitrogens with one attached hydrogen (secondary N) is 2. The lowest BCUT2D eigenvalue weighted by molar-refractivity contribution is -0.117. The normalized spacial score (nSPS) is 13.6. The van der Waals surface area contributed by atoms with Gasteiger partial charge in [-0.05, 0) is 68.2 Å². The van der Waals surface area contributed by atoms with E-state index in [1.54, 1.807) is 26.1 Å². The van der Waals surface area contributed by atoms with Crippen LogP contribution in [-0.2, 0) is 17.9 Å². The standard InChI is InChI=1S/C28H37FN4O/c1-8-10-25(29)20(3)19-33-24(18-31-21(4)13-14-30-9-2)16-22-15-23(11-12-26(22)33)32-27(34)17-28(5,6)7/h8-16,31H,2,17-19H2,1,3-7H3,(H,32,34)/b10-8-,21-13+,25-20-,30-14?. The van der Waals surface area contributed by atoms with E-state index in [0.29, 0.717) is 25.1 Å². The van der Waals surface area contributed by atoms with Crippen molar-refractivity contribution >= 4 is 28.7 Å². The van der Waals surface area contributed by atoms with Crippen molar-refractivity contribution in [2.75, 3.05) is 5.32 Å². The summed E-state index contributed by atoms with van der Waals surface area (Å²) in [5.74, 6) is -0.242. The molecule has 2 rings (SSSR count). The predicted molar refractivity (Wildman–Crippen MR) is 143 cm³/mol. The Hall–Kier alpha value is -3.41. The molecule has 0 saturated carbocycles. The highest BCUT2D eigenvalue weighted by Crippen LogP contribution is 2.27. The number of amides is 1. The van der Waals surface area contributed by atoms with E-state index < -0.39 is 0 Å². The maximum atomic E-state index is 14.4. The lowest BCUT2D eigenvalue weighted by atomic mass is 9.92. The van der Waals surface area contributed by atoms with Crippen molar-refractivity contribution in [3.63, 3.8) is 0 Å². The maximum absolute atomic E-state index is 14.4. The topological polar surface area (TPSA) is 58.4 Å². The molecule has 34 heavy (non-hydrogen) atoms. The first-order valence-corrected chi connectivity index (χ1v) is 11.5. The Morgan fingerprint density at radius 3 is 2.62 bits per heavy atom. The summed E-state index contributed by atoms with van der Waals surface area (Å²) in [6.07, 6.45) is 8.64. The Kier molecular flexibility index (Phi) is 9.60. The molecule has 6 heteroatoms. The number of anilines is 1. The average molecular weight is 465 g/mol. The van der Waals surface area contributed by atoms with Crippen molar-refractivity contribution in [3.8, 4) is 0 Å². The molecule has 0 aliphatic carbocycles. The summed E-state index contributed by atoms with van der Waals surface area (Å²) in [5, 5.41) is 7.37. The van der Waals surface area contributed by atoms with Gasteiger partial charge in [0, 0.05) is 53.4 Å². The SMILES string of the molecule is C=CN=C/C=C(\C)NCc1cc2cc(NC(=O)CC(C)(C)C)ccc2n1C/C(C)=C(F)/C=C\C. The first-order valence-electron chi connectivity index (χ1n) is 11.5. The second-order valence-electron chi connectivity index (χ2n) is 9.59. The number of benzene rings is 1. The predicted octanol–water partition coefficient (Wildman–Crippen LogP) is 7.04. The van der Waals surface area contributed by atoms with Gasteiger partial charge in [-0.1, -0.05) is 33.4 Å². The fourth-order valence-electron chi connectivity index (χ4n) is 3.53. The number of hydrogen-bond acceptors (Lipinski definition) is 3. The minimum atomic E-state index is -0.231. The van der Waals surface area contributed by atoms with E-state index in [1.807, 2.05) is 52.0 Å². The summed E-state index contributed by atoms with van der Waals surface area (Å²) in [4.78, 5) is 16.4. The number of aromatic nitrogens is 1. The molecule has 1 heterocycles. The lowest BCUT2D eigenvalue weighted by Gasteiger charge is -2.17. The zero-order valence-electron chi connectivity index (χ0n) is 21.2. The number of halogens is 1. The van der Waals surface area contributed by atoms with Gasteiger partial charge in [0.05, 0.1) is 6.54 Å². The van der Waals surface area contributed by atoms with E-state index in [2.05, 4.69) is 32.8 Å². The molecule has 0 radical (unpaired) electrons. The Labute approximate surface area is 202 Å². The maximum Gasteiger partial charge on any atom is 0.224 e. The molecule has 1 amide bonds.